The van der Waals surface area contributed by atoms with Crippen molar-refractivity contribution in [3.8, 4) is 0 Å². The summed E-state index contributed by atoms with van der Waals surface area (Å²) in [6.45, 7) is 0. The Morgan fingerprint density at radius 1 is 1.22 bits per heavy atom. The van der Waals surface area contributed by atoms with E-state index >= 15 is 0 Å². The number of carbonyl (C=O) groups is 1. The third kappa shape index (κ3) is 2.69. The molecule has 1 aromatic rings. The SMILES string of the molecule is O=C1CCCCC1c1ccc(C(F)(F)F)cc1Cl. The fraction of sp³-hybridized carbons (Fsp3) is 0.462. The minimum atomic E-state index is -4.40. The second kappa shape index (κ2) is 4.92. The smallest absolute Gasteiger partial charge is 0.299 e. The molecule has 1 atom stereocenters. The fourth-order valence-corrected chi connectivity index (χ4v) is 2.61. The third-order valence-corrected chi connectivity index (χ3v) is 3.59. The van der Waals surface area contributed by atoms with Gasteiger partial charge in [-0.05, 0) is 30.5 Å². The summed E-state index contributed by atoms with van der Waals surface area (Å²) in [6.07, 6.45) is -1.48. The minimum absolute atomic E-state index is 0.0325. The quantitative estimate of drug-likeness (QED) is 0.733. The third-order valence-electron chi connectivity index (χ3n) is 3.26. The lowest BCUT2D eigenvalue weighted by Gasteiger charge is -2.22. The van der Waals surface area contributed by atoms with Crippen LogP contribution in [0.5, 0.6) is 0 Å². The predicted octanol–water partition coefficient (Wildman–Crippen LogP) is 4.59. The van der Waals surface area contributed by atoms with Gasteiger partial charge in [-0.3, -0.25) is 4.79 Å². The van der Waals surface area contributed by atoms with Crippen LogP contribution in [-0.2, 0) is 11.0 Å². The van der Waals surface area contributed by atoms with Crippen LogP contribution in [0.15, 0.2) is 18.2 Å². The van der Waals surface area contributed by atoms with Gasteiger partial charge in [-0.25, -0.2) is 0 Å². The van der Waals surface area contributed by atoms with E-state index in [-0.39, 0.29) is 16.7 Å². The molecule has 18 heavy (non-hydrogen) atoms. The molecule has 1 aliphatic carbocycles. The lowest BCUT2D eigenvalue weighted by Crippen LogP contribution is -2.17. The zero-order chi connectivity index (χ0) is 13.3. The van der Waals surface area contributed by atoms with Crippen LogP contribution in [0.2, 0.25) is 5.02 Å². The first-order chi connectivity index (χ1) is 8.39. The van der Waals surface area contributed by atoms with E-state index in [9.17, 15) is 18.0 Å². The zero-order valence-corrected chi connectivity index (χ0v) is 10.3. The van der Waals surface area contributed by atoms with Gasteiger partial charge in [0.25, 0.3) is 0 Å². The molecule has 1 aliphatic rings. The largest absolute Gasteiger partial charge is 0.416 e. The van der Waals surface area contributed by atoms with Crippen LogP contribution in [-0.4, -0.2) is 5.78 Å². The van der Waals surface area contributed by atoms with Crippen molar-refractivity contribution < 1.29 is 18.0 Å². The molecule has 0 amide bonds. The summed E-state index contributed by atoms with van der Waals surface area (Å²) in [5.74, 6) is -0.267. The summed E-state index contributed by atoms with van der Waals surface area (Å²) in [5.41, 5.74) is -0.256. The van der Waals surface area contributed by atoms with Crippen molar-refractivity contribution in [3.05, 3.63) is 34.3 Å². The van der Waals surface area contributed by atoms with E-state index in [0.717, 1.165) is 25.0 Å². The molecule has 0 radical (unpaired) electrons. The molecule has 0 heterocycles. The maximum absolute atomic E-state index is 12.5. The first-order valence-electron chi connectivity index (χ1n) is 5.79. The summed E-state index contributed by atoms with van der Waals surface area (Å²) in [4.78, 5) is 11.7. The summed E-state index contributed by atoms with van der Waals surface area (Å²) in [7, 11) is 0. The summed E-state index contributed by atoms with van der Waals surface area (Å²) in [6, 6.07) is 3.22. The van der Waals surface area contributed by atoms with Crippen molar-refractivity contribution >= 4 is 17.4 Å². The van der Waals surface area contributed by atoms with Gasteiger partial charge >= 0.3 is 6.18 Å². The number of Topliss-reactive ketones (excluding diaryl/α,β-unsaturated/α-hetero) is 1. The average Bonchev–Trinajstić information content (AvgIpc) is 2.29. The Bertz CT molecular complexity index is 468. The molecular formula is C13H12ClF3O. The van der Waals surface area contributed by atoms with Crippen LogP contribution >= 0.6 is 11.6 Å². The standard InChI is InChI=1S/C13H12ClF3O/c14-11-7-8(13(15,16)17)5-6-9(11)10-3-1-2-4-12(10)18/h5-7,10H,1-4H2. The fourth-order valence-electron chi connectivity index (χ4n) is 2.30. The Hall–Kier alpha value is -1.03. The van der Waals surface area contributed by atoms with Crippen LogP contribution in [0.1, 0.15) is 42.7 Å². The van der Waals surface area contributed by atoms with Gasteiger partial charge in [-0.2, -0.15) is 13.2 Å². The molecule has 1 aromatic carbocycles. The van der Waals surface area contributed by atoms with Gasteiger partial charge in [0.15, 0.2) is 0 Å². The molecule has 0 aromatic heterocycles. The van der Waals surface area contributed by atoms with Crippen molar-refractivity contribution in [2.75, 3.05) is 0 Å². The van der Waals surface area contributed by atoms with Gasteiger partial charge in [-0.15, -0.1) is 0 Å². The number of carbonyl (C=O) groups excluding carboxylic acids is 1. The summed E-state index contributed by atoms with van der Waals surface area (Å²) in [5, 5.41) is 0.0325. The highest BCUT2D eigenvalue weighted by Gasteiger charge is 2.32. The molecule has 0 bridgehead atoms. The van der Waals surface area contributed by atoms with Gasteiger partial charge in [0.05, 0.1) is 5.56 Å². The number of rotatable bonds is 1. The number of halogens is 4. The van der Waals surface area contributed by atoms with Crippen molar-refractivity contribution in [3.63, 3.8) is 0 Å². The lowest BCUT2D eigenvalue weighted by atomic mass is 9.83. The molecule has 1 nitrogen and oxygen atoms in total. The average molecular weight is 277 g/mol. The maximum Gasteiger partial charge on any atom is 0.416 e. The van der Waals surface area contributed by atoms with Crippen LogP contribution in [0.3, 0.4) is 0 Å². The maximum atomic E-state index is 12.5. The molecule has 98 valence electrons. The van der Waals surface area contributed by atoms with Gasteiger partial charge in [0.1, 0.15) is 5.78 Å². The predicted molar refractivity (Wildman–Crippen MR) is 62.7 cm³/mol. The molecule has 1 fully saturated rings. The Morgan fingerprint density at radius 3 is 2.50 bits per heavy atom. The highest BCUT2D eigenvalue weighted by molar-refractivity contribution is 6.31. The Morgan fingerprint density at radius 2 is 1.94 bits per heavy atom. The lowest BCUT2D eigenvalue weighted by molar-refractivity contribution is -0.137. The Balaban J connectivity index is 2.32. The molecule has 1 unspecified atom stereocenters. The second-order valence-electron chi connectivity index (χ2n) is 4.50. The monoisotopic (exact) mass is 276 g/mol. The highest BCUT2D eigenvalue weighted by atomic mass is 35.5. The number of alkyl halides is 3. The van der Waals surface area contributed by atoms with Crippen LogP contribution < -0.4 is 0 Å². The first kappa shape index (κ1) is 13.4. The van der Waals surface area contributed by atoms with Gasteiger partial charge in [0.2, 0.25) is 0 Å². The van der Waals surface area contributed by atoms with E-state index in [1.807, 2.05) is 0 Å². The van der Waals surface area contributed by atoms with Crippen molar-refractivity contribution in [2.24, 2.45) is 0 Å². The normalized spacial score (nSPS) is 21.1. The van der Waals surface area contributed by atoms with E-state index in [4.69, 9.17) is 11.6 Å². The number of ketones is 1. The van der Waals surface area contributed by atoms with E-state index in [2.05, 4.69) is 0 Å². The van der Waals surface area contributed by atoms with Gasteiger partial charge in [-0.1, -0.05) is 24.1 Å². The highest BCUT2D eigenvalue weighted by Crippen LogP contribution is 2.37. The van der Waals surface area contributed by atoms with E-state index < -0.39 is 11.7 Å². The molecular weight excluding hydrogens is 265 g/mol. The molecule has 5 heteroatoms. The van der Waals surface area contributed by atoms with Crippen molar-refractivity contribution in [1.29, 1.82) is 0 Å². The zero-order valence-electron chi connectivity index (χ0n) is 9.56. The second-order valence-corrected chi connectivity index (χ2v) is 4.91. The number of hydrogen-bond donors (Lipinski definition) is 0. The molecule has 0 spiro atoms. The molecule has 2 rings (SSSR count). The number of hydrogen-bond acceptors (Lipinski definition) is 1. The van der Waals surface area contributed by atoms with Crippen LogP contribution in [0.4, 0.5) is 13.2 Å². The first-order valence-corrected chi connectivity index (χ1v) is 6.17. The van der Waals surface area contributed by atoms with Crippen LogP contribution in [0, 0.1) is 0 Å². The number of benzene rings is 1. The summed E-state index contributed by atoms with van der Waals surface area (Å²) < 4.78 is 37.5. The minimum Gasteiger partial charge on any atom is -0.299 e. The van der Waals surface area contributed by atoms with E-state index in [0.29, 0.717) is 18.4 Å². The molecule has 0 N–H and O–H groups in total. The summed E-state index contributed by atoms with van der Waals surface area (Å²) >= 11 is 5.88. The topological polar surface area (TPSA) is 17.1 Å². The van der Waals surface area contributed by atoms with Gasteiger partial charge < -0.3 is 0 Å². The van der Waals surface area contributed by atoms with Crippen molar-refractivity contribution in [1.82, 2.24) is 0 Å². The van der Waals surface area contributed by atoms with Crippen molar-refractivity contribution in [2.45, 2.75) is 37.8 Å². The molecule has 1 saturated carbocycles. The molecule has 0 saturated heterocycles. The Kier molecular flexibility index (Phi) is 3.66. The van der Waals surface area contributed by atoms with Crippen LogP contribution in [0.25, 0.3) is 0 Å². The van der Waals surface area contributed by atoms with Gasteiger partial charge in [0, 0.05) is 17.4 Å². The molecule has 0 aliphatic heterocycles. The Labute approximate surface area is 108 Å². The van der Waals surface area contributed by atoms with E-state index in [1.165, 1.54) is 6.07 Å². The van der Waals surface area contributed by atoms with E-state index in [1.54, 1.807) is 0 Å².